The first-order chi connectivity index (χ1) is 12.6. The molecule has 0 atom stereocenters. The third-order valence-corrected chi connectivity index (χ3v) is 3.11. The van der Waals surface area contributed by atoms with E-state index in [9.17, 15) is 19.3 Å². The molecule has 10 heteroatoms. The Morgan fingerprint density at radius 3 is 2.56 bits per heavy atom. The van der Waals surface area contributed by atoms with Gasteiger partial charge in [0.05, 0.1) is 10.6 Å². The molecule has 0 saturated carbocycles. The third-order valence-electron chi connectivity index (χ3n) is 3.11. The van der Waals surface area contributed by atoms with E-state index in [-0.39, 0.29) is 28.7 Å². The predicted molar refractivity (Wildman–Crippen MR) is 96.8 cm³/mol. The number of nitro groups is 1. The van der Waals surface area contributed by atoms with Gasteiger partial charge in [-0.15, -0.1) is 0 Å². The van der Waals surface area contributed by atoms with Gasteiger partial charge in [0.15, 0.2) is 5.82 Å². The summed E-state index contributed by atoms with van der Waals surface area (Å²) in [5, 5.41) is 16.1. The molecule has 0 unspecified atom stereocenters. The topological polar surface area (TPSA) is 116 Å². The maximum absolute atomic E-state index is 14.2. The lowest BCUT2D eigenvalue weighted by Crippen LogP contribution is -2.27. The van der Waals surface area contributed by atoms with E-state index in [1.54, 1.807) is 20.8 Å². The zero-order valence-electron chi connectivity index (χ0n) is 15.2. The first-order valence-corrected chi connectivity index (χ1v) is 7.89. The summed E-state index contributed by atoms with van der Waals surface area (Å²) >= 11 is 0. The van der Waals surface area contributed by atoms with Crippen LogP contribution in [0.15, 0.2) is 30.5 Å². The Kier molecular flexibility index (Phi) is 5.78. The number of nitrogens with one attached hydrogen (secondary N) is 2. The molecule has 9 nitrogen and oxygen atoms in total. The highest BCUT2D eigenvalue weighted by Crippen LogP contribution is 2.36. The number of aromatic nitrogens is 1. The lowest BCUT2D eigenvalue weighted by Gasteiger charge is -2.19. The van der Waals surface area contributed by atoms with E-state index >= 15 is 0 Å². The second-order valence-corrected chi connectivity index (χ2v) is 6.38. The third kappa shape index (κ3) is 5.27. The smallest absolute Gasteiger partial charge is 0.412 e. The van der Waals surface area contributed by atoms with Crippen molar-refractivity contribution in [2.45, 2.75) is 26.4 Å². The summed E-state index contributed by atoms with van der Waals surface area (Å²) in [6.45, 7) is 5.04. The van der Waals surface area contributed by atoms with E-state index in [0.717, 1.165) is 6.07 Å². The number of rotatable bonds is 5. The van der Waals surface area contributed by atoms with Crippen LogP contribution >= 0.6 is 0 Å². The van der Waals surface area contributed by atoms with Gasteiger partial charge in [0, 0.05) is 25.4 Å². The molecule has 0 aliphatic rings. The Morgan fingerprint density at radius 1 is 1.30 bits per heavy atom. The van der Waals surface area contributed by atoms with Crippen molar-refractivity contribution < 1.29 is 23.6 Å². The SMILES string of the molecule is CNc1nccc(Oc2ccc(NC(=O)OC(C)(C)C)c(F)c2)c1[N+](=O)[O-]. The van der Waals surface area contributed by atoms with Crippen LogP contribution in [0.25, 0.3) is 0 Å². The molecule has 1 aromatic heterocycles. The monoisotopic (exact) mass is 378 g/mol. The Morgan fingerprint density at radius 2 is 2.00 bits per heavy atom. The van der Waals surface area contributed by atoms with Crippen molar-refractivity contribution in [1.29, 1.82) is 0 Å². The molecular formula is C17H19FN4O5. The largest absolute Gasteiger partial charge is 0.450 e. The summed E-state index contributed by atoms with van der Waals surface area (Å²) < 4.78 is 24.7. The summed E-state index contributed by atoms with van der Waals surface area (Å²) in [5.41, 5.74) is -1.22. The van der Waals surface area contributed by atoms with Gasteiger partial charge in [-0.05, 0) is 32.9 Å². The van der Waals surface area contributed by atoms with Crippen molar-refractivity contribution in [2.24, 2.45) is 0 Å². The van der Waals surface area contributed by atoms with Gasteiger partial charge in [0.1, 0.15) is 11.4 Å². The molecule has 1 heterocycles. The van der Waals surface area contributed by atoms with Gasteiger partial charge < -0.3 is 14.8 Å². The van der Waals surface area contributed by atoms with Crippen molar-refractivity contribution in [3.8, 4) is 11.5 Å². The molecule has 1 amide bonds. The number of nitrogens with zero attached hydrogens (tertiary/aromatic N) is 2. The van der Waals surface area contributed by atoms with Gasteiger partial charge >= 0.3 is 11.8 Å². The van der Waals surface area contributed by atoms with Crippen molar-refractivity contribution in [3.63, 3.8) is 0 Å². The molecule has 0 bridgehead atoms. The van der Waals surface area contributed by atoms with E-state index in [1.807, 2.05) is 0 Å². The standard InChI is InChI=1S/C17H19FN4O5/c1-17(2,3)27-16(23)21-12-6-5-10(9-11(12)18)26-13-7-8-20-15(19-4)14(13)22(24)25/h5-9H,1-4H3,(H,19,20)(H,21,23). The molecule has 0 fully saturated rings. The predicted octanol–water partition coefficient (Wildman–Crippen LogP) is 4.31. The maximum Gasteiger partial charge on any atom is 0.412 e. The van der Waals surface area contributed by atoms with E-state index in [4.69, 9.17) is 9.47 Å². The van der Waals surface area contributed by atoms with Crippen LogP contribution in [0.4, 0.5) is 26.4 Å². The maximum atomic E-state index is 14.2. The second-order valence-electron chi connectivity index (χ2n) is 6.38. The second kappa shape index (κ2) is 7.85. The number of carbonyl (C=O) groups is 1. The van der Waals surface area contributed by atoms with E-state index in [1.165, 1.54) is 31.4 Å². The number of hydrogen-bond acceptors (Lipinski definition) is 7. The van der Waals surface area contributed by atoms with Crippen molar-refractivity contribution in [2.75, 3.05) is 17.7 Å². The number of benzene rings is 1. The Hall–Kier alpha value is -3.43. The van der Waals surface area contributed by atoms with Crippen LogP contribution in [0.3, 0.4) is 0 Å². The quantitative estimate of drug-likeness (QED) is 0.588. The van der Waals surface area contributed by atoms with Crippen LogP contribution in [0.2, 0.25) is 0 Å². The Labute approximate surface area is 154 Å². The fourth-order valence-electron chi connectivity index (χ4n) is 2.08. The summed E-state index contributed by atoms with van der Waals surface area (Å²) in [7, 11) is 1.48. The van der Waals surface area contributed by atoms with Gasteiger partial charge in [0.2, 0.25) is 11.6 Å². The number of halogens is 1. The van der Waals surface area contributed by atoms with Crippen LogP contribution in [0, 0.1) is 15.9 Å². The van der Waals surface area contributed by atoms with Crippen molar-refractivity contribution in [1.82, 2.24) is 4.98 Å². The molecule has 0 saturated heterocycles. The number of pyridine rings is 1. The summed E-state index contributed by atoms with van der Waals surface area (Å²) in [5.74, 6) is -0.865. The molecular weight excluding hydrogens is 359 g/mol. The van der Waals surface area contributed by atoms with Gasteiger partial charge in [0.25, 0.3) is 0 Å². The Bertz CT molecular complexity index is 867. The van der Waals surface area contributed by atoms with Gasteiger partial charge in [-0.3, -0.25) is 15.4 Å². The first kappa shape index (κ1) is 19.9. The highest BCUT2D eigenvalue weighted by atomic mass is 19.1. The zero-order chi connectivity index (χ0) is 20.2. The van der Waals surface area contributed by atoms with Crippen LogP contribution in [-0.2, 0) is 4.74 Å². The number of amides is 1. The lowest BCUT2D eigenvalue weighted by atomic mass is 10.2. The first-order valence-electron chi connectivity index (χ1n) is 7.89. The van der Waals surface area contributed by atoms with E-state index in [2.05, 4.69) is 15.6 Å². The lowest BCUT2D eigenvalue weighted by molar-refractivity contribution is -0.385. The van der Waals surface area contributed by atoms with Crippen LogP contribution in [0.5, 0.6) is 11.5 Å². The summed E-state index contributed by atoms with van der Waals surface area (Å²) in [4.78, 5) is 26.2. The normalized spacial score (nSPS) is 10.9. The Balaban J connectivity index is 2.22. The van der Waals surface area contributed by atoms with E-state index in [0.29, 0.717) is 0 Å². The minimum Gasteiger partial charge on any atom is -0.450 e. The summed E-state index contributed by atoms with van der Waals surface area (Å²) in [6.07, 6.45) is 0.515. The molecule has 27 heavy (non-hydrogen) atoms. The van der Waals surface area contributed by atoms with Crippen LogP contribution in [-0.4, -0.2) is 28.6 Å². The van der Waals surface area contributed by atoms with Gasteiger partial charge in [-0.25, -0.2) is 14.2 Å². The van der Waals surface area contributed by atoms with Gasteiger partial charge in [-0.2, -0.15) is 0 Å². The minimum absolute atomic E-state index is 0.0126. The van der Waals surface area contributed by atoms with E-state index < -0.39 is 22.4 Å². The molecule has 2 N–H and O–H groups in total. The molecule has 1 aromatic carbocycles. The molecule has 0 aliphatic carbocycles. The molecule has 2 rings (SSSR count). The summed E-state index contributed by atoms with van der Waals surface area (Å²) in [6, 6.07) is 4.92. The number of anilines is 2. The molecule has 2 aromatic rings. The van der Waals surface area contributed by atoms with Crippen LogP contribution < -0.4 is 15.4 Å². The molecule has 0 spiro atoms. The average Bonchev–Trinajstić information content (AvgIpc) is 2.55. The number of hydrogen-bond donors (Lipinski definition) is 2. The molecule has 0 aliphatic heterocycles. The van der Waals surface area contributed by atoms with Crippen LogP contribution in [0.1, 0.15) is 20.8 Å². The number of carbonyl (C=O) groups excluding carboxylic acids is 1. The molecule has 0 radical (unpaired) electrons. The average molecular weight is 378 g/mol. The zero-order valence-corrected chi connectivity index (χ0v) is 15.2. The highest BCUT2D eigenvalue weighted by molar-refractivity contribution is 5.85. The molecule has 144 valence electrons. The fourth-order valence-corrected chi connectivity index (χ4v) is 2.08. The van der Waals surface area contributed by atoms with Gasteiger partial charge in [-0.1, -0.05) is 0 Å². The van der Waals surface area contributed by atoms with Crippen molar-refractivity contribution in [3.05, 3.63) is 46.4 Å². The minimum atomic E-state index is -0.807. The fraction of sp³-hybridized carbons (Fsp3) is 0.294. The highest BCUT2D eigenvalue weighted by Gasteiger charge is 2.23. The number of ether oxygens (including phenoxy) is 2. The van der Waals surface area contributed by atoms with Crippen molar-refractivity contribution >= 4 is 23.3 Å².